The fourth-order valence-corrected chi connectivity index (χ4v) is 2.35. The maximum Gasteiger partial charge on any atom is 0.191 e. The maximum absolute atomic E-state index is 5.57. The van der Waals surface area contributed by atoms with Gasteiger partial charge in [-0.3, -0.25) is 0 Å². The van der Waals surface area contributed by atoms with Gasteiger partial charge in [0.25, 0.3) is 0 Å². The van der Waals surface area contributed by atoms with E-state index >= 15 is 0 Å². The van der Waals surface area contributed by atoms with E-state index in [1.807, 2.05) is 0 Å². The van der Waals surface area contributed by atoms with Crippen molar-refractivity contribution in [2.75, 3.05) is 26.3 Å². The van der Waals surface area contributed by atoms with Crippen LogP contribution in [-0.4, -0.2) is 37.4 Å². The SMILES string of the molecule is CCCCOCCCNC(=NCc1c(CC)noc1CC)NCC. The first-order chi connectivity index (χ1) is 11.8. The zero-order valence-electron chi connectivity index (χ0n) is 15.8. The van der Waals surface area contributed by atoms with Crippen LogP contribution in [0.3, 0.4) is 0 Å². The summed E-state index contributed by atoms with van der Waals surface area (Å²) in [6.45, 7) is 12.3. The van der Waals surface area contributed by atoms with Crippen LogP contribution < -0.4 is 10.6 Å². The monoisotopic (exact) mass is 338 g/mol. The highest BCUT2D eigenvalue weighted by Gasteiger charge is 2.12. The first kappa shape index (κ1) is 20.5. The summed E-state index contributed by atoms with van der Waals surface area (Å²) in [5.74, 6) is 1.77. The first-order valence-electron chi connectivity index (χ1n) is 9.32. The number of ether oxygens (including phenoxy) is 1. The Balaban J connectivity index is 2.46. The fourth-order valence-electron chi connectivity index (χ4n) is 2.35. The number of aromatic nitrogens is 1. The van der Waals surface area contributed by atoms with Gasteiger partial charge < -0.3 is 19.9 Å². The second-order valence-electron chi connectivity index (χ2n) is 5.68. The molecule has 0 aliphatic heterocycles. The minimum atomic E-state index is 0.595. The average Bonchev–Trinajstić information content (AvgIpc) is 3.00. The quantitative estimate of drug-likeness (QED) is 0.348. The summed E-state index contributed by atoms with van der Waals surface area (Å²) >= 11 is 0. The molecular weight excluding hydrogens is 304 g/mol. The molecule has 138 valence electrons. The Hall–Kier alpha value is -1.56. The summed E-state index contributed by atoms with van der Waals surface area (Å²) in [5, 5.41) is 10.8. The van der Waals surface area contributed by atoms with Gasteiger partial charge in [-0.1, -0.05) is 32.3 Å². The van der Waals surface area contributed by atoms with Crippen molar-refractivity contribution in [3.05, 3.63) is 17.0 Å². The summed E-state index contributed by atoms with van der Waals surface area (Å²) in [6.07, 6.45) is 5.00. The van der Waals surface area contributed by atoms with E-state index in [1.54, 1.807) is 0 Å². The number of nitrogens with one attached hydrogen (secondary N) is 2. The van der Waals surface area contributed by atoms with Gasteiger partial charge in [0.05, 0.1) is 12.2 Å². The minimum Gasteiger partial charge on any atom is -0.381 e. The molecule has 0 unspecified atom stereocenters. The average molecular weight is 338 g/mol. The molecule has 0 fully saturated rings. The van der Waals surface area contributed by atoms with Gasteiger partial charge in [0, 0.05) is 38.3 Å². The predicted molar refractivity (Wildman–Crippen MR) is 98.4 cm³/mol. The fraction of sp³-hybridized carbons (Fsp3) is 0.778. The Kier molecular flexibility index (Phi) is 10.9. The van der Waals surface area contributed by atoms with Gasteiger partial charge in [-0.2, -0.15) is 0 Å². The smallest absolute Gasteiger partial charge is 0.191 e. The Morgan fingerprint density at radius 2 is 1.88 bits per heavy atom. The molecule has 0 radical (unpaired) electrons. The molecule has 1 aromatic rings. The maximum atomic E-state index is 5.57. The Morgan fingerprint density at radius 3 is 2.54 bits per heavy atom. The van der Waals surface area contributed by atoms with Gasteiger partial charge in [-0.05, 0) is 26.2 Å². The van der Waals surface area contributed by atoms with Gasteiger partial charge >= 0.3 is 0 Å². The van der Waals surface area contributed by atoms with Crippen molar-refractivity contribution < 1.29 is 9.26 Å². The Bertz CT molecular complexity index is 450. The van der Waals surface area contributed by atoms with E-state index in [2.05, 4.69) is 48.5 Å². The van der Waals surface area contributed by atoms with Crippen molar-refractivity contribution in [2.24, 2.45) is 4.99 Å². The topological polar surface area (TPSA) is 71.7 Å². The van der Waals surface area contributed by atoms with Gasteiger partial charge in [-0.25, -0.2) is 4.99 Å². The summed E-state index contributed by atoms with van der Waals surface area (Å²) in [7, 11) is 0. The number of aryl methyl sites for hydroxylation is 2. The lowest BCUT2D eigenvalue weighted by atomic mass is 10.1. The minimum absolute atomic E-state index is 0.595. The highest BCUT2D eigenvalue weighted by molar-refractivity contribution is 5.79. The van der Waals surface area contributed by atoms with Gasteiger partial charge in [-0.15, -0.1) is 0 Å². The van der Waals surface area contributed by atoms with Gasteiger partial charge in [0.2, 0.25) is 0 Å². The number of hydrogen-bond donors (Lipinski definition) is 2. The van der Waals surface area contributed by atoms with Crippen LogP contribution in [0.1, 0.15) is 64.0 Å². The zero-order valence-corrected chi connectivity index (χ0v) is 15.8. The number of unbranched alkanes of at least 4 members (excludes halogenated alkanes) is 1. The van der Waals surface area contributed by atoms with Gasteiger partial charge in [0.1, 0.15) is 5.76 Å². The molecule has 0 amide bonds. The number of nitrogens with zero attached hydrogens (tertiary/aromatic N) is 2. The summed E-state index contributed by atoms with van der Waals surface area (Å²) in [5.41, 5.74) is 2.14. The highest BCUT2D eigenvalue weighted by atomic mass is 16.5. The van der Waals surface area contributed by atoms with Crippen molar-refractivity contribution in [3.63, 3.8) is 0 Å². The second kappa shape index (κ2) is 12.8. The van der Waals surface area contributed by atoms with Crippen LogP contribution in [0.2, 0.25) is 0 Å². The molecule has 1 heterocycles. The van der Waals surface area contributed by atoms with Crippen molar-refractivity contribution >= 4 is 5.96 Å². The van der Waals surface area contributed by atoms with Crippen LogP contribution in [0, 0.1) is 0 Å². The molecule has 0 spiro atoms. The third-order valence-electron chi connectivity index (χ3n) is 3.75. The van der Waals surface area contributed by atoms with Gasteiger partial charge in [0.15, 0.2) is 5.96 Å². The predicted octanol–water partition coefficient (Wildman–Crippen LogP) is 3.06. The standard InChI is InChI=1S/C18H34N4O2/c1-5-9-12-23-13-10-11-20-18(19-8-4)21-14-15-16(6-2)22-24-17(15)7-3/h5-14H2,1-4H3,(H2,19,20,21). The molecule has 0 aromatic carbocycles. The van der Waals surface area contributed by atoms with E-state index < -0.39 is 0 Å². The highest BCUT2D eigenvalue weighted by Crippen LogP contribution is 2.16. The van der Waals surface area contributed by atoms with Crippen LogP contribution in [0.4, 0.5) is 0 Å². The first-order valence-corrected chi connectivity index (χ1v) is 9.32. The molecule has 0 bridgehead atoms. The molecule has 6 heteroatoms. The van der Waals surface area contributed by atoms with Crippen LogP contribution in [0.15, 0.2) is 9.52 Å². The number of guanidine groups is 1. The lowest BCUT2D eigenvalue weighted by Crippen LogP contribution is -2.38. The molecular formula is C18H34N4O2. The molecule has 0 saturated carbocycles. The zero-order chi connectivity index (χ0) is 17.6. The molecule has 0 atom stereocenters. The van der Waals surface area contributed by atoms with Crippen molar-refractivity contribution in [1.82, 2.24) is 15.8 Å². The van der Waals surface area contributed by atoms with Crippen molar-refractivity contribution in [2.45, 2.75) is 66.3 Å². The van der Waals surface area contributed by atoms with Crippen molar-refractivity contribution in [3.8, 4) is 0 Å². The van der Waals surface area contributed by atoms with E-state index in [0.29, 0.717) is 6.54 Å². The summed E-state index contributed by atoms with van der Waals surface area (Å²) in [4.78, 5) is 4.67. The number of rotatable bonds is 12. The van der Waals surface area contributed by atoms with E-state index in [-0.39, 0.29) is 0 Å². The molecule has 1 aromatic heterocycles. The van der Waals surface area contributed by atoms with Crippen molar-refractivity contribution in [1.29, 1.82) is 0 Å². The van der Waals surface area contributed by atoms with E-state index in [4.69, 9.17) is 9.26 Å². The number of aliphatic imine (C=N–C) groups is 1. The lowest BCUT2D eigenvalue weighted by molar-refractivity contribution is 0.129. The second-order valence-corrected chi connectivity index (χ2v) is 5.68. The van der Waals surface area contributed by atoms with E-state index in [0.717, 1.165) is 75.0 Å². The van der Waals surface area contributed by atoms with Crippen LogP contribution in [-0.2, 0) is 24.1 Å². The summed E-state index contributed by atoms with van der Waals surface area (Å²) in [6, 6.07) is 0. The Morgan fingerprint density at radius 1 is 1.08 bits per heavy atom. The largest absolute Gasteiger partial charge is 0.381 e. The lowest BCUT2D eigenvalue weighted by Gasteiger charge is -2.11. The number of hydrogen-bond acceptors (Lipinski definition) is 4. The molecule has 0 aliphatic carbocycles. The van der Waals surface area contributed by atoms with Crippen LogP contribution in [0.25, 0.3) is 0 Å². The van der Waals surface area contributed by atoms with E-state index in [1.165, 1.54) is 6.42 Å². The summed E-state index contributed by atoms with van der Waals surface area (Å²) < 4.78 is 11.0. The molecule has 2 N–H and O–H groups in total. The van der Waals surface area contributed by atoms with E-state index in [9.17, 15) is 0 Å². The van der Waals surface area contributed by atoms with Crippen LogP contribution in [0.5, 0.6) is 0 Å². The molecule has 1 rings (SSSR count). The van der Waals surface area contributed by atoms with Crippen LogP contribution >= 0.6 is 0 Å². The Labute approximate surface area is 146 Å². The normalized spacial score (nSPS) is 11.8. The molecule has 0 saturated heterocycles. The molecule has 0 aliphatic rings. The third kappa shape index (κ3) is 7.34. The molecule has 24 heavy (non-hydrogen) atoms. The third-order valence-corrected chi connectivity index (χ3v) is 3.75. The molecule has 6 nitrogen and oxygen atoms in total.